The van der Waals surface area contributed by atoms with Crippen molar-refractivity contribution < 1.29 is 46.9 Å². The van der Waals surface area contributed by atoms with E-state index in [-0.39, 0.29) is 62.7 Å². The Kier molecular flexibility index (Phi) is 16.8. The van der Waals surface area contributed by atoms with Crippen molar-refractivity contribution >= 4 is 40.0 Å². The van der Waals surface area contributed by atoms with E-state index < -0.39 is 59.7 Å². The van der Waals surface area contributed by atoms with Gasteiger partial charge in [-0.15, -0.1) is 11.3 Å². The van der Waals surface area contributed by atoms with Crippen molar-refractivity contribution in [3.05, 3.63) is 100 Å². The number of thiazole rings is 1. The van der Waals surface area contributed by atoms with E-state index in [0.717, 1.165) is 57.9 Å². The number of fused-ring (bicyclic) bond motifs is 3. The quantitative estimate of drug-likeness (QED) is 0.0540. The van der Waals surface area contributed by atoms with Crippen LogP contribution in [0.4, 0.5) is 13.2 Å². The molecule has 0 spiro atoms. The first kappa shape index (κ1) is 51.5. The Labute approximate surface area is 405 Å². The fourth-order valence-electron chi connectivity index (χ4n) is 9.12. The standard InChI is InChI=1S/C51H64F3N7O7S/c1-31-22-38-37-12-8-9-13-40(37)58-43(38)45(61(31)29-51(6,53)54)44-39(52)24-36(26-55-44)68-19-11-7-10-18-66-20-21-67-28-42(63)59-47(50(3,4)5)49(65)60-27-35(62)23-41(60)48(64)56-25-33-14-16-34(17-15-33)46-32(2)57-30-69-46/h8-9,12-17,24,26,30-31,35,41,45,47,58,62H,7,10-11,18-23,25,27-29H2,1-6H3,(H,56,64)(H,59,63)/t31-,35-,41+,45+,47-/m1/s1. The number of aliphatic hydroxyl groups excluding tert-OH is 1. The molecule has 0 bridgehead atoms. The number of nitrogens with one attached hydrogen (secondary N) is 3. The van der Waals surface area contributed by atoms with E-state index in [2.05, 4.69) is 25.6 Å². The van der Waals surface area contributed by atoms with Gasteiger partial charge in [0.15, 0.2) is 0 Å². The summed E-state index contributed by atoms with van der Waals surface area (Å²) < 4.78 is 61.8. The molecule has 1 saturated heterocycles. The average Bonchev–Trinajstić information content (AvgIpc) is 4.02. The lowest BCUT2D eigenvalue weighted by Gasteiger charge is -2.41. The van der Waals surface area contributed by atoms with Crippen molar-refractivity contribution in [1.82, 2.24) is 35.4 Å². The molecule has 0 radical (unpaired) electrons. The summed E-state index contributed by atoms with van der Waals surface area (Å²) in [5.74, 6) is -4.73. The SMILES string of the molecule is Cc1ncsc1-c1ccc(CNC(=O)[C@@H]2C[C@@H](O)CN2C(=O)[C@@H](NC(=O)COCCOCCCCCOc2cnc([C@@H]3c4[nH]c5ccccc5c4C[C@@H](C)N3CC(C)(F)F)c(F)c2)C(C)(C)C)cc1. The Hall–Kier alpha value is -5.40. The van der Waals surface area contributed by atoms with Gasteiger partial charge >= 0.3 is 0 Å². The van der Waals surface area contributed by atoms with Crippen LogP contribution < -0.4 is 15.4 Å². The maximum Gasteiger partial charge on any atom is 0.257 e. The molecule has 69 heavy (non-hydrogen) atoms. The molecule has 1 fully saturated rings. The number of β-amino-alcohol motifs (C(OH)–C–C–N with tert-alkyl or cyclic N) is 1. The first-order valence-electron chi connectivity index (χ1n) is 23.6. The summed E-state index contributed by atoms with van der Waals surface area (Å²) in [5.41, 5.74) is 6.54. The number of rotatable bonds is 21. The fraction of sp³-hybridized carbons (Fsp3) is 0.510. The average molecular weight is 976 g/mol. The van der Waals surface area contributed by atoms with E-state index in [1.165, 1.54) is 17.2 Å². The summed E-state index contributed by atoms with van der Waals surface area (Å²) in [6, 6.07) is 13.8. The third-order valence-corrected chi connectivity index (χ3v) is 13.6. The van der Waals surface area contributed by atoms with Gasteiger partial charge in [-0.05, 0) is 67.7 Å². The maximum atomic E-state index is 15.9. The van der Waals surface area contributed by atoms with Crippen molar-refractivity contribution in [3.63, 3.8) is 0 Å². The van der Waals surface area contributed by atoms with Gasteiger partial charge in [0.25, 0.3) is 5.92 Å². The van der Waals surface area contributed by atoms with Gasteiger partial charge < -0.3 is 39.8 Å². The van der Waals surface area contributed by atoms with Crippen LogP contribution in [0.15, 0.2) is 66.3 Å². The van der Waals surface area contributed by atoms with Gasteiger partial charge in [0.1, 0.15) is 30.3 Å². The maximum absolute atomic E-state index is 15.9. The zero-order valence-electron chi connectivity index (χ0n) is 40.2. The van der Waals surface area contributed by atoms with Crippen LogP contribution in [0, 0.1) is 18.2 Å². The molecule has 5 atom stereocenters. The molecule has 3 amide bonds. The summed E-state index contributed by atoms with van der Waals surface area (Å²) in [6.45, 7) is 10.7. The largest absolute Gasteiger partial charge is 0.492 e. The van der Waals surface area contributed by atoms with Gasteiger partial charge in [-0.1, -0.05) is 63.2 Å². The summed E-state index contributed by atoms with van der Waals surface area (Å²) in [7, 11) is 0. The molecule has 4 N–H and O–H groups in total. The zero-order chi connectivity index (χ0) is 49.5. The van der Waals surface area contributed by atoms with E-state index in [1.54, 1.807) is 21.7 Å². The van der Waals surface area contributed by atoms with Crippen LogP contribution in [0.2, 0.25) is 0 Å². The van der Waals surface area contributed by atoms with E-state index in [4.69, 9.17) is 14.2 Å². The predicted molar refractivity (Wildman–Crippen MR) is 257 cm³/mol. The van der Waals surface area contributed by atoms with Gasteiger partial charge in [-0.3, -0.25) is 24.3 Å². The number of carbonyl (C=O) groups is 3. The number of unbranched alkanes of at least 4 members (excludes halogenated alkanes) is 2. The second kappa shape index (κ2) is 22.6. The molecule has 5 aromatic rings. The van der Waals surface area contributed by atoms with Gasteiger partial charge in [-0.2, -0.15) is 0 Å². The second-order valence-electron chi connectivity index (χ2n) is 19.3. The number of benzene rings is 2. The lowest BCUT2D eigenvalue weighted by Crippen LogP contribution is -2.58. The van der Waals surface area contributed by atoms with Crippen LogP contribution in [-0.4, -0.2) is 124 Å². The van der Waals surface area contributed by atoms with Crippen LogP contribution >= 0.6 is 11.3 Å². The molecule has 18 heteroatoms. The summed E-state index contributed by atoms with van der Waals surface area (Å²) in [5, 5.41) is 17.2. The highest BCUT2D eigenvalue weighted by molar-refractivity contribution is 7.13. The molecule has 0 aliphatic carbocycles. The first-order chi connectivity index (χ1) is 32.9. The smallest absolute Gasteiger partial charge is 0.257 e. The number of alkyl halides is 2. The van der Waals surface area contributed by atoms with Crippen molar-refractivity contribution in [2.24, 2.45) is 5.41 Å². The highest BCUT2D eigenvalue weighted by atomic mass is 32.1. The Balaban J connectivity index is 0.797. The van der Waals surface area contributed by atoms with Crippen LogP contribution in [0.1, 0.15) is 94.6 Å². The number of para-hydroxylation sites is 1. The molecular weight excluding hydrogens is 912 g/mol. The Bertz CT molecular complexity index is 2540. The Morgan fingerprint density at radius 3 is 2.43 bits per heavy atom. The van der Waals surface area contributed by atoms with Crippen LogP contribution in [0.5, 0.6) is 5.75 Å². The van der Waals surface area contributed by atoms with E-state index in [9.17, 15) is 28.3 Å². The third-order valence-electron chi connectivity index (χ3n) is 12.6. The summed E-state index contributed by atoms with van der Waals surface area (Å²) in [6.07, 6.45) is 3.33. The van der Waals surface area contributed by atoms with Crippen LogP contribution in [-0.2, 0) is 36.8 Å². The molecule has 2 aliphatic heterocycles. The van der Waals surface area contributed by atoms with Gasteiger partial charge in [0.05, 0.1) is 66.5 Å². The van der Waals surface area contributed by atoms with Gasteiger partial charge in [0.2, 0.25) is 17.7 Å². The molecule has 0 saturated carbocycles. The number of hydrogen-bond donors (Lipinski definition) is 4. The number of hydrogen-bond acceptors (Lipinski definition) is 11. The van der Waals surface area contributed by atoms with Crippen molar-refractivity contribution in [2.45, 2.75) is 116 Å². The Morgan fingerprint density at radius 2 is 1.72 bits per heavy atom. The third kappa shape index (κ3) is 13.1. The fourth-order valence-corrected chi connectivity index (χ4v) is 9.93. The number of aryl methyl sites for hydroxylation is 1. The molecule has 14 nitrogen and oxygen atoms in total. The number of aromatic nitrogens is 3. The number of amides is 3. The minimum absolute atomic E-state index is 0.0320. The number of likely N-dealkylation sites (tertiary alicyclic amines) is 1. The van der Waals surface area contributed by atoms with Crippen LogP contribution in [0.25, 0.3) is 21.3 Å². The number of pyridine rings is 1. The normalized spacial score (nSPS) is 19.1. The number of aromatic amines is 1. The Morgan fingerprint density at radius 1 is 0.986 bits per heavy atom. The number of nitrogens with zero attached hydrogens (tertiary/aromatic N) is 4. The number of H-pyrrole nitrogens is 1. The topological polar surface area (TPSA) is 171 Å². The monoisotopic (exact) mass is 975 g/mol. The highest BCUT2D eigenvalue weighted by Crippen LogP contribution is 2.42. The van der Waals surface area contributed by atoms with Crippen LogP contribution in [0.3, 0.4) is 0 Å². The number of aliphatic hydroxyl groups is 1. The minimum Gasteiger partial charge on any atom is -0.492 e. The van der Waals surface area contributed by atoms with Crippen molar-refractivity contribution in [2.75, 3.05) is 46.1 Å². The number of halogens is 3. The molecule has 3 aromatic heterocycles. The molecular formula is C51H64F3N7O7S. The van der Waals surface area contributed by atoms with Crippen molar-refractivity contribution in [3.8, 4) is 16.2 Å². The van der Waals surface area contributed by atoms with E-state index in [0.29, 0.717) is 31.7 Å². The molecule has 7 rings (SSSR count). The zero-order valence-corrected chi connectivity index (χ0v) is 41.0. The van der Waals surface area contributed by atoms with E-state index >= 15 is 4.39 Å². The predicted octanol–water partition coefficient (Wildman–Crippen LogP) is 7.52. The lowest BCUT2D eigenvalue weighted by atomic mass is 9.85. The molecule has 0 unspecified atom stereocenters. The van der Waals surface area contributed by atoms with E-state index in [1.807, 2.05) is 83.1 Å². The summed E-state index contributed by atoms with van der Waals surface area (Å²) >= 11 is 1.56. The molecule has 2 aromatic carbocycles. The molecule has 2 aliphatic rings. The minimum atomic E-state index is -3.00. The number of carbonyl (C=O) groups excluding carboxylic acids is 3. The van der Waals surface area contributed by atoms with Crippen molar-refractivity contribution in [1.29, 1.82) is 0 Å². The number of ether oxygens (including phenoxy) is 3. The highest BCUT2D eigenvalue weighted by Gasteiger charge is 2.45. The lowest BCUT2D eigenvalue weighted by molar-refractivity contribution is -0.144. The first-order valence-corrected chi connectivity index (χ1v) is 24.5. The molecule has 5 heterocycles. The van der Waals surface area contributed by atoms with Gasteiger partial charge in [-0.25, -0.2) is 18.2 Å². The molecule has 372 valence electrons. The second-order valence-corrected chi connectivity index (χ2v) is 20.2. The van der Waals surface area contributed by atoms with Gasteiger partial charge in [0, 0.05) is 61.7 Å². The summed E-state index contributed by atoms with van der Waals surface area (Å²) in [4.78, 5) is 56.6.